The lowest BCUT2D eigenvalue weighted by Gasteiger charge is -2.07. The summed E-state index contributed by atoms with van der Waals surface area (Å²) in [5.74, 6) is 2.74. The number of nitrogens with zero attached hydrogens (tertiary/aromatic N) is 2. The quantitative estimate of drug-likeness (QED) is 0.906. The van der Waals surface area contributed by atoms with Crippen LogP contribution in [0.25, 0.3) is 11.3 Å². The average molecular weight is 271 g/mol. The molecule has 0 saturated heterocycles. The summed E-state index contributed by atoms with van der Waals surface area (Å²) in [6, 6.07) is 8.56. The monoisotopic (exact) mass is 271 g/mol. The van der Waals surface area contributed by atoms with Gasteiger partial charge in [-0.2, -0.15) is 0 Å². The third-order valence-corrected chi connectivity index (χ3v) is 3.67. The number of rotatable bonds is 5. The molecule has 3 rings (SSSR count). The molecule has 0 amide bonds. The number of anilines is 1. The highest BCUT2D eigenvalue weighted by atomic mass is 16.5. The van der Waals surface area contributed by atoms with Gasteiger partial charge in [-0.1, -0.05) is 19.1 Å². The van der Waals surface area contributed by atoms with Crippen molar-refractivity contribution in [2.75, 3.05) is 12.3 Å². The van der Waals surface area contributed by atoms with E-state index >= 15 is 0 Å². The second-order valence-electron chi connectivity index (χ2n) is 5.18. The molecule has 1 saturated carbocycles. The van der Waals surface area contributed by atoms with Crippen molar-refractivity contribution in [3.05, 3.63) is 30.1 Å². The summed E-state index contributed by atoms with van der Waals surface area (Å²) < 4.78 is 7.77. The van der Waals surface area contributed by atoms with Crippen LogP contribution in [0.15, 0.2) is 24.3 Å². The van der Waals surface area contributed by atoms with Gasteiger partial charge in [0, 0.05) is 18.0 Å². The predicted molar refractivity (Wildman–Crippen MR) is 80.9 cm³/mol. The number of benzene rings is 1. The second kappa shape index (κ2) is 5.19. The molecule has 1 aliphatic rings. The fourth-order valence-corrected chi connectivity index (χ4v) is 2.60. The van der Waals surface area contributed by atoms with Gasteiger partial charge >= 0.3 is 0 Å². The van der Waals surface area contributed by atoms with E-state index in [0.29, 0.717) is 12.6 Å². The number of aryl methyl sites for hydroxylation is 1. The summed E-state index contributed by atoms with van der Waals surface area (Å²) in [6.07, 6.45) is 3.34. The van der Waals surface area contributed by atoms with Gasteiger partial charge in [0.05, 0.1) is 6.61 Å². The molecule has 2 aromatic rings. The minimum atomic E-state index is 0.557. The van der Waals surface area contributed by atoms with Gasteiger partial charge in [0.15, 0.2) is 0 Å². The van der Waals surface area contributed by atoms with Gasteiger partial charge in [0.25, 0.3) is 0 Å². The van der Waals surface area contributed by atoms with E-state index in [0.717, 1.165) is 35.1 Å². The zero-order chi connectivity index (χ0) is 14.1. The standard InChI is InChI=1S/C16H21N3O/c1-3-14-18-15(16(17)19(14)12-8-9-12)11-6-5-7-13(10-11)20-4-2/h5-7,10,12H,3-4,8-9,17H2,1-2H3. The first-order chi connectivity index (χ1) is 9.74. The normalized spacial score (nSPS) is 14.5. The highest BCUT2D eigenvalue weighted by molar-refractivity contribution is 5.72. The van der Waals surface area contributed by atoms with Crippen LogP contribution >= 0.6 is 0 Å². The fourth-order valence-electron chi connectivity index (χ4n) is 2.60. The minimum Gasteiger partial charge on any atom is -0.494 e. The summed E-state index contributed by atoms with van der Waals surface area (Å²) in [5, 5.41) is 0. The first kappa shape index (κ1) is 13.0. The van der Waals surface area contributed by atoms with E-state index in [2.05, 4.69) is 11.5 Å². The zero-order valence-corrected chi connectivity index (χ0v) is 12.1. The molecule has 1 aromatic carbocycles. The zero-order valence-electron chi connectivity index (χ0n) is 12.1. The molecule has 106 valence electrons. The van der Waals surface area contributed by atoms with Crippen molar-refractivity contribution in [1.82, 2.24) is 9.55 Å². The minimum absolute atomic E-state index is 0.557. The van der Waals surface area contributed by atoms with Crippen LogP contribution in [0.2, 0.25) is 0 Å². The van der Waals surface area contributed by atoms with Gasteiger partial charge < -0.3 is 15.0 Å². The number of hydrogen-bond acceptors (Lipinski definition) is 3. The maximum absolute atomic E-state index is 6.34. The molecule has 0 atom stereocenters. The van der Waals surface area contributed by atoms with Crippen molar-refractivity contribution in [3.8, 4) is 17.0 Å². The predicted octanol–water partition coefficient (Wildman–Crippen LogP) is 3.43. The highest BCUT2D eigenvalue weighted by Gasteiger charge is 2.29. The third kappa shape index (κ3) is 2.26. The number of ether oxygens (including phenoxy) is 1. The number of hydrogen-bond donors (Lipinski definition) is 1. The summed E-state index contributed by atoms with van der Waals surface area (Å²) >= 11 is 0. The molecule has 1 heterocycles. The largest absolute Gasteiger partial charge is 0.494 e. The van der Waals surface area contributed by atoms with Crippen LogP contribution in [0.4, 0.5) is 5.82 Å². The van der Waals surface area contributed by atoms with Crippen molar-refractivity contribution in [2.45, 2.75) is 39.2 Å². The first-order valence-electron chi connectivity index (χ1n) is 7.34. The van der Waals surface area contributed by atoms with Crippen molar-refractivity contribution in [2.24, 2.45) is 0 Å². The summed E-state index contributed by atoms with van der Waals surface area (Å²) in [7, 11) is 0. The third-order valence-electron chi connectivity index (χ3n) is 3.67. The van der Waals surface area contributed by atoms with E-state index in [1.54, 1.807) is 0 Å². The number of imidazole rings is 1. The topological polar surface area (TPSA) is 53.1 Å². The van der Waals surface area contributed by atoms with Crippen LogP contribution in [0, 0.1) is 0 Å². The number of nitrogen functional groups attached to an aromatic ring is 1. The molecule has 4 heteroatoms. The van der Waals surface area contributed by atoms with E-state index in [4.69, 9.17) is 15.5 Å². The van der Waals surface area contributed by atoms with Gasteiger partial charge in [0.2, 0.25) is 0 Å². The van der Waals surface area contributed by atoms with E-state index in [1.165, 1.54) is 12.8 Å². The molecule has 0 unspecified atom stereocenters. The van der Waals surface area contributed by atoms with Crippen LogP contribution in [0.5, 0.6) is 5.75 Å². The molecule has 1 aliphatic carbocycles. The van der Waals surface area contributed by atoms with Crippen LogP contribution in [-0.4, -0.2) is 16.2 Å². The van der Waals surface area contributed by atoms with Crippen LogP contribution < -0.4 is 10.5 Å². The fraction of sp³-hybridized carbons (Fsp3) is 0.438. The van der Waals surface area contributed by atoms with Gasteiger partial charge in [-0.15, -0.1) is 0 Å². The van der Waals surface area contributed by atoms with E-state index < -0.39 is 0 Å². The Labute approximate surface area is 119 Å². The SMILES string of the molecule is CCOc1cccc(-c2nc(CC)n(C3CC3)c2N)c1. The molecule has 0 aliphatic heterocycles. The van der Waals surface area contributed by atoms with E-state index in [-0.39, 0.29) is 0 Å². The molecule has 1 aromatic heterocycles. The van der Waals surface area contributed by atoms with Crippen molar-refractivity contribution in [3.63, 3.8) is 0 Å². The van der Waals surface area contributed by atoms with Crippen LogP contribution in [-0.2, 0) is 6.42 Å². The lowest BCUT2D eigenvalue weighted by molar-refractivity contribution is 0.340. The molecule has 2 N–H and O–H groups in total. The first-order valence-corrected chi connectivity index (χ1v) is 7.34. The number of aromatic nitrogens is 2. The van der Waals surface area contributed by atoms with Crippen molar-refractivity contribution in [1.29, 1.82) is 0 Å². The molecule has 0 radical (unpaired) electrons. The lowest BCUT2D eigenvalue weighted by atomic mass is 10.1. The molecule has 20 heavy (non-hydrogen) atoms. The summed E-state index contributed by atoms with van der Waals surface area (Å²) in [6.45, 7) is 4.77. The van der Waals surface area contributed by atoms with Gasteiger partial charge in [-0.05, 0) is 31.9 Å². The Morgan fingerprint density at radius 2 is 2.15 bits per heavy atom. The Balaban J connectivity index is 2.03. The molecular formula is C16H21N3O. The Kier molecular flexibility index (Phi) is 3.38. The van der Waals surface area contributed by atoms with Crippen LogP contribution in [0.1, 0.15) is 38.6 Å². The van der Waals surface area contributed by atoms with Gasteiger partial charge in [0.1, 0.15) is 23.1 Å². The van der Waals surface area contributed by atoms with Crippen molar-refractivity contribution < 1.29 is 4.74 Å². The Morgan fingerprint density at radius 1 is 1.35 bits per heavy atom. The molecular weight excluding hydrogens is 250 g/mol. The number of nitrogens with two attached hydrogens (primary N) is 1. The van der Waals surface area contributed by atoms with E-state index in [9.17, 15) is 0 Å². The Morgan fingerprint density at radius 3 is 2.80 bits per heavy atom. The molecule has 0 spiro atoms. The second-order valence-corrected chi connectivity index (χ2v) is 5.18. The van der Waals surface area contributed by atoms with Gasteiger partial charge in [-0.3, -0.25) is 0 Å². The van der Waals surface area contributed by atoms with Crippen molar-refractivity contribution >= 4 is 5.82 Å². The van der Waals surface area contributed by atoms with Gasteiger partial charge in [-0.25, -0.2) is 4.98 Å². The molecule has 0 bridgehead atoms. The maximum atomic E-state index is 6.34. The summed E-state index contributed by atoms with van der Waals surface area (Å²) in [5.41, 5.74) is 8.25. The van der Waals surface area contributed by atoms with Crippen LogP contribution in [0.3, 0.4) is 0 Å². The maximum Gasteiger partial charge on any atom is 0.131 e. The molecule has 1 fully saturated rings. The average Bonchev–Trinajstić information content (AvgIpc) is 3.23. The molecule has 4 nitrogen and oxygen atoms in total. The highest BCUT2D eigenvalue weighted by Crippen LogP contribution is 2.41. The summed E-state index contributed by atoms with van der Waals surface area (Å²) in [4.78, 5) is 4.74. The lowest BCUT2D eigenvalue weighted by Crippen LogP contribution is -2.04. The van der Waals surface area contributed by atoms with E-state index in [1.807, 2.05) is 31.2 Å². The Hall–Kier alpha value is -1.97. The Bertz CT molecular complexity index is 614. The smallest absolute Gasteiger partial charge is 0.131 e.